The number of aliphatic carboxylic acids is 1. The number of carbonyl (C=O) groups is 2. The van der Waals surface area contributed by atoms with E-state index < -0.39 is 17.4 Å². The highest BCUT2D eigenvalue weighted by Gasteiger charge is 2.36. The summed E-state index contributed by atoms with van der Waals surface area (Å²) in [6.07, 6.45) is 21.1. The van der Waals surface area contributed by atoms with E-state index in [0.717, 1.165) is 24.8 Å². The highest BCUT2D eigenvalue weighted by molar-refractivity contribution is 5.82. The summed E-state index contributed by atoms with van der Waals surface area (Å²) >= 11 is 0. The van der Waals surface area contributed by atoms with Crippen molar-refractivity contribution >= 4 is 11.9 Å². The predicted molar refractivity (Wildman–Crippen MR) is 141 cm³/mol. The first kappa shape index (κ1) is 30.2. The lowest BCUT2D eigenvalue weighted by atomic mass is 9.81. The van der Waals surface area contributed by atoms with E-state index >= 15 is 0 Å². The van der Waals surface area contributed by atoms with Crippen molar-refractivity contribution in [1.29, 1.82) is 0 Å². The van der Waals surface area contributed by atoms with Crippen molar-refractivity contribution in [2.24, 2.45) is 5.41 Å². The van der Waals surface area contributed by atoms with Crippen LogP contribution in [0.3, 0.4) is 0 Å². The molecule has 0 saturated heterocycles. The van der Waals surface area contributed by atoms with Gasteiger partial charge >= 0.3 is 11.9 Å². The van der Waals surface area contributed by atoms with Crippen LogP contribution in [0.2, 0.25) is 0 Å². The van der Waals surface area contributed by atoms with Gasteiger partial charge in [-0.15, -0.1) is 0 Å². The average molecular weight is 475 g/mol. The van der Waals surface area contributed by atoms with Crippen LogP contribution in [0, 0.1) is 5.41 Å². The fourth-order valence-corrected chi connectivity index (χ4v) is 4.56. The highest BCUT2D eigenvalue weighted by Crippen LogP contribution is 2.31. The first-order valence-corrected chi connectivity index (χ1v) is 13.9. The van der Waals surface area contributed by atoms with Gasteiger partial charge in [-0.05, 0) is 18.9 Å². The first-order chi connectivity index (χ1) is 16.5. The Labute approximate surface area is 208 Å². The Morgan fingerprint density at radius 3 is 1.62 bits per heavy atom. The van der Waals surface area contributed by atoms with Crippen LogP contribution in [0.15, 0.2) is 30.3 Å². The fourth-order valence-electron chi connectivity index (χ4n) is 4.56. The normalized spacial score (nSPS) is 12.9. The van der Waals surface area contributed by atoms with Gasteiger partial charge in [0, 0.05) is 0 Å². The van der Waals surface area contributed by atoms with Crippen molar-refractivity contribution in [3.63, 3.8) is 0 Å². The first-order valence-electron chi connectivity index (χ1n) is 13.9. The molecule has 1 rings (SSSR count). The van der Waals surface area contributed by atoms with Crippen LogP contribution < -0.4 is 0 Å². The molecule has 0 amide bonds. The van der Waals surface area contributed by atoms with E-state index in [4.69, 9.17) is 4.74 Å². The summed E-state index contributed by atoms with van der Waals surface area (Å²) in [6, 6.07) is 9.51. The number of carbonyl (C=O) groups excluding carboxylic acids is 1. The van der Waals surface area contributed by atoms with Gasteiger partial charge in [-0.25, -0.2) is 0 Å². The van der Waals surface area contributed by atoms with Crippen molar-refractivity contribution in [3.05, 3.63) is 35.9 Å². The molecule has 194 valence electrons. The summed E-state index contributed by atoms with van der Waals surface area (Å²) in [5, 5.41) is 9.31. The van der Waals surface area contributed by atoms with E-state index in [1.165, 1.54) is 83.5 Å². The molecule has 4 nitrogen and oxygen atoms in total. The molecule has 1 aromatic rings. The number of rotatable bonds is 22. The SMILES string of the molecule is CCCCCCCCCCCCCCCCCCC(C)(CC(=O)O)C(=O)OCc1ccccc1. The molecule has 0 radical (unpaired) electrons. The molecular weight excluding hydrogens is 424 g/mol. The summed E-state index contributed by atoms with van der Waals surface area (Å²) < 4.78 is 5.47. The van der Waals surface area contributed by atoms with E-state index in [1.54, 1.807) is 6.92 Å². The van der Waals surface area contributed by atoms with E-state index in [-0.39, 0.29) is 13.0 Å². The molecule has 0 bridgehead atoms. The second-order valence-corrected chi connectivity index (χ2v) is 10.2. The zero-order valence-electron chi connectivity index (χ0n) is 22.0. The molecule has 0 heterocycles. The van der Waals surface area contributed by atoms with Crippen molar-refractivity contribution in [2.45, 2.75) is 136 Å². The molecule has 0 aliphatic carbocycles. The van der Waals surface area contributed by atoms with Crippen LogP contribution in [-0.2, 0) is 20.9 Å². The Bertz CT molecular complexity index is 642. The molecule has 0 fully saturated rings. The fraction of sp³-hybridized carbons (Fsp3) is 0.733. The van der Waals surface area contributed by atoms with Crippen molar-refractivity contribution in [3.8, 4) is 0 Å². The predicted octanol–water partition coefficient (Wildman–Crippen LogP) is 8.86. The number of carboxylic acid groups (broad SMARTS) is 1. The van der Waals surface area contributed by atoms with E-state index in [9.17, 15) is 14.7 Å². The van der Waals surface area contributed by atoms with Crippen LogP contribution in [-0.4, -0.2) is 17.0 Å². The smallest absolute Gasteiger partial charge is 0.312 e. The number of hydrogen-bond acceptors (Lipinski definition) is 3. The maximum absolute atomic E-state index is 12.7. The quantitative estimate of drug-likeness (QED) is 0.135. The van der Waals surface area contributed by atoms with Gasteiger partial charge in [-0.1, -0.05) is 140 Å². The molecule has 1 aromatic carbocycles. The van der Waals surface area contributed by atoms with Crippen LogP contribution in [0.1, 0.15) is 135 Å². The molecule has 1 atom stereocenters. The van der Waals surface area contributed by atoms with E-state index in [0.29, 0.717) is 6.42 Å². The van der Waals surface area contributed by atoms with Gasteiger partial charge in [0.2, 0.25) is 0 Å². The minimum absolute atomic E-state index is 0.181. The third kappa shape index (κ3) is 15.1. The Morgan fingerprint density at radius 2 is 1.18 bits per heavy atom. The lowest BCUT2D eigenvalue weighted by molar-refractivity contribution is -0.161. The van der Waals surface area contributed by atoms with Crippen molar-refractivity contribution in [2.75, 3.05) is 0 Å². The maximum Gasteiger partial charge on any atom is 0.312 e. The largest absolute Gasteiger partial charge is 0.481 e. The third-order valence-electron chi connectivity index (χ3n) is 6.83. The number of hydrogen-bond donors (Lipinski definition) is 1. The Morgan fingerprint density at radius 1 is 0.735 bits per heavy atom. The molecule has 0 spiro atoms. The molecule has 0 saturated carbocycles. The highest BCUT2D eigenvalue weighted by atomic mass is 16.5. The van der Waals surface area contributed by atoms with Gasteiger partial charge in [0.25, 0.3) is 0 Å². The standard InChI is InChI=1S/C30H50O4/c1-3-4-5-6-7-8-9-10-11-12-13-14-15-16-17-21-24-30(2,25-28(31)32)29(33)34-26-27-22-19-18-20-23-27/h18-20,22-23H,3-17,21,24-26H2,1-2H3,(H,31,32). The molecule has 0 aromatic heterocycles. The minimum atomic E-state index is -0.962. The lowest BCUT2D eigenvalue weighted by Gasteiger charge is -2.25. The second kappa shape index (κ2) is 19.5. The third-order valence-corrected chi connectivity index (χ3v) is 6.83. The van der Waals surface area contributed by atoms with Crippen LogP contribution >= 0.6 is 0 Å². The van der Waals surface area contributed by atoms with Gasteiger partial charge in [0.15, 0.2) is 0 Å². The molecule has 0 aliphatic rings. The van der Waals surface area contributed by atoms with Gasteiger partial charge in [0.05, 0.1) is 11.8 Å². The number of ether oxygens (including phenoxy) is 1. The zero-order valence-corrected chi connectivity index (χ0v) is 22.0. The number of benzene rings is 1. The summed E-state index contributed by atoms with van der Waals surface area (Å²) in [7, 11) is 0. The number of unbranched alkanes of at least 4 members (excludes halogenated alkanes) is 15. The zero-order chi connectivity index (χ0) is 24.9. The summed E-state index contributed by atoms with van der Waals surface area (Å²) in [4.78, 5) is 24.0. The van der Waals surface area contributed by atoms with Crippen LogP contribution in [0.4, 0.5) is 0 Å². The monoisotopic (exact) mass is 474 g/mol. The summed E-state index contributed by atoms with van der Waals surface area (Å²) in [5.74, 6) is -1.35. The van der Waals surface area contributed by atoms with Gasteiger partial charge < -0.3 is 9.84 Å². The number of carboxylic acids is 1. The van der Waals surface area contributed by atoms with E-state index in [2.05, 4.69) is 6.92 Å². The molecule has 4 heteroatoms. The lowest BCUT2D eigenvalue weighted by Crippen LogP contribution is -2.32. The van der Waals surface area contributed by atoms with Crippen LogP contribution in [0.5, 0.6) is 0 Å². The van der Waals surface area contributed by atoms with Gasteiger partial charge in [-0.3, -0.25) is 9.59 Å². The summed E-state index contributed by atoms with van der Waals surface area (Å²) in [6.45, 7) is 4.19. The maximum atomic E-state index is 12.7. The Kier molecular flexibility index (Phi) is 17.3. The second-order valence-electron chi connectivity index (χ2n) is 10.2. The van der Waals surface area contributed by atoms with E-state index in [1.807, 2.05) is 30.3 Å². The molecule has 34 heavy (non-hydrogen) atoms. The van der Waals surface area contributed by atoms with Crippen LogP contribution in [0.25, 0.3) is 0 Å². The average Bonchev–Trinajstić information content (AvgIpc) is 2.82. The Balaban J connectivity index is 2.09. The van der Waals surface area contributed by atoms with Gasteiger partial charge in [-0.2, -0.15) is 0 Å². The molecular formula is C30H50O4. The Hall–Kier alpha value is -1.84. The van der Waals surface area contributed by atoms with Gasteiger partial charge in [0.1, 0.15) is 6.61 Å². The van der Waals surface area contributed by atoms with Crippen molar-refractivity contribution in [1.82, 2.24) is 0 Å². The molecule has 1 N–H and O–H groups in total. The number of esters is 1. The topological polar surface area (TPSA) is 63.6 Å². The molecule has 0 aliphatic heterocycles. The minimum Gasteiger partial charge on any atom is -0.481 e. The molecule has 1 unspecified atom stereocenters. The summed E-state index contributed by atoms with van der Waals surface area (Å²) in [5.41, 5.74) is -0.0488. The van der Waals surface area contributed by atoms with Crippen molar-refractivity contribution < 1.29 is 19.4 Å².